The Morgan fingerprint density at radius 1 is 0.371 bits per heavy atom. The van der Waals surface area contributed by atoms with Gasteiger partial charge < -0.3 is 16.4 Å². The Hall–Kier alpha value is -4.30. The average molecular weight is 883 g/mol. The number of anilines is 2. The number of carbonyl (C=O) groups excluding carboxylic acids is 4. The van der Waals surface area contributed by atoms with E-state index in [0.717, 1.165) is 37.3 Å². The molecule has 9 heteroatoms. The number of fused-ring (bicyclic) bond motifs is 4. The number of nitrogens with two attached hydrogens (primary N) is 1. The van der Waals surface area contributed by atoms with Gasteiger partial charge in [-0.2, -0.15) is 0 Å². The Bertz CT molecular complexity index is 1940. The van der Waals surface area contributed by atoms with Crippen LogP contribution in [0.2, 0.25) is 10.0 Å². The van der Waals surface area contributed by atoms with Crippen LogP contribution >= 0.6 is 23.2 Å². The Morgan fingerprint density at radius 2 is 0.629 bits per heavy atom. The van der Waals surface area contributed by atoms with Gasteiger partial charge in [0, 0.05) is 46.7 Å². The number of benzene rings is 4. The van der Waals surface area contributed by atoms with Gasteiger partial charge in [-0.15, -0.1) is 0 Å². The molecule has 2 aliphatic rings. The molecular formula is C53H69Cl2N3O4. The van der Waals surface area contributed by atoms with Crippen LogP contribution in [-0.2, 0) is 0 Å². The number of unbranched alkanes of at least 4 members (excludes halogenated alkanes) is 18. The fourth-order valence-electron chi connectivity index (χ4n) is 8.33. The third-order valence-electron chi connectivity index (χ3n) is 11.7. The Balaban J connectivity index is 0.000000347. The first-order valence-corrected chi connectivity index (χ1v) is 24.1. The van der Waals surface area contributed by atoms with E-state index in [4.69, 9.17) is 23.2 Å². The second-order valence-electron chi connectivity index (χ2n) is 16.3. The van der Waals surface area contributed by atoms with Gasteiger partial charge >= 0.3 is 0 Å². The minimum absolute atomic E-state index is 0.0478. The molecule has 4 aromatic rings. The molecule has 0 bridgehead atoms. The maximum atomic E-state index is 13.7. The highest BCUT2D eigenvalue weighted by Crippen LogP contribution is 2.38. The van der Waals surface area contributed by atoms with E-state index in [1.165, 1.54) is 135 Å². The molecule has 0 atom stereocenters. The first kappa shape index (κ1) is 50.3. The van der Waals surface area contributed by atoms with Gasteiger partial charge in [0.1, 0.15) is 0 Å². The molecule has 0 saturated heterocycles. The first-order chi connectivity index (χ1) is 30.3. The lowest BCUT2D eigenvalue weighted by molar-refractivity contribution is 0.0979. The van der Waals surface area contributed by atoms with Crippen LogP contribution in [0.5, 0.6) is 0 Å². The number of carbonyl (C=O) groups is 4. The molecule has 0 fully saturated rings. The number of nitrogens with one attached hydrogen (secondary N) is 2. The first-order valence-electron chi connectivity index (χ1n) is 23.4. The lowest BCUT2D eigenvalue weighted by Crippen LogP contribution is -2.24. The Morgan fingerprint density at radius 3 is 0.919 bits per heavy atom. The molecule has 0 unspecified atom stereocenters. The minimum Gasteiger partial charge on any atom is -0.384 e. The van der Waals surface area contributed by atoms with Crippen molar-refractivity contribution in [2.24, 2.45) is 5.73 Å². The summed E-state index contributed by atoms with van der Waals surface area (Å²) in [5, 5.41) is 7.54. The van der Waals surface area contributed by atoms with Gasteiger partial charge in [0.25, 0.3) is 0 Å². The van der Waals surface area contributed by atoms with Crippen molar-refractivity contribution >= 4 is 57.7 Å². The van der Waals surface area contributed by atoms with E-state index in [1.807, 2.05) is 24.3 Å². The van der Waals surface area contributed by atoms with E-state index >= 15 is 0 Å². The van der Waals surface area contributed by atoms with Crippen molar-refractivity contribution in [3.8, 4) is 0 Å². The summed E-state index contributed by atoms with van der Waals surface area (Å²) in [7, 11) is 1.50. The maximum Gasteiger partial charge on any atom is 0.196 e. The number of halogens is 2. The van der Waals surface area contributed by atoms with Crippen molar-refractivity contribution in [1.82, 2.24) is 0 Å². The average Bonchev–Trinajstić information content (AvgIpc) is 3.30. The molecule has 0 saturated carbocycles. The zero-order valence-corrected chi connectivity index (χ0v) is 39.0. The molecular weight excluding hydrogens is 814 g/mol. The van der Waals surface area contributed by atoms with Crippen LogP contribution in [0.15, 0.2) is 72.8 Å². The SMILES string of the molecule is CCCCCCCCCCCCNc1ccc(NCCCCCCCCCCCC)c2c1C(=O)c1ccccc1C2=O.CN.O=C1c2ccccc2C(=O)c2c(Cl)ccc(Cl)c21. The zero-order valence-electron chi connectivity index (χ0n) is 37.5. The highest BCUT2D eigenvalue weighted by Gasteiger charge is 2.34. The quantitative estimate of drug-likeness (QED) is 0.0518. The highest BCUT2D eigenvalue weighted by atomic mass is 35.5. The molecule has 0 aliphatic heterocycles. The second-order valence-corrected chi connectivity index (χ2v) is 17.1. The zero-order chi connectivity index (χ0) is 44.7. The summed E-state index contributed by atoms with van der Waals surface area (Å²) < 4.78 is 0. The molecule has 7 nitrogen and oxygen atoms in total. The van der Waals surface area contributed by atoms with Crippen molar-refractivity contribution in [1.29, 1.82) is 0 Å². The van der Waals surface area contributed by atoms with Crippen LogP contribution in [-0.4, -0.2) is 43.3 Å². The Labute approximate surface area is 381 Å². The van der Waals surface area contributed by atoms with Crippen molar-refractivity contribution in [3.05, 3.63) is 127 Å². The molecule has 62 heavy (non-hydrogen) atoms. The maximum absolute atomic E-state index is 13.7. The number of rotatable bonds is 24. The van der Waals surface area contributed by atoms with Gasteiger partial charge in [0.15, 0.2) is 23.1 Å². The standard InChI is InChI=1S/C38H58N2O2.C14H6Cl2O2.CH5N/c1-3-5-7-9-11-13-15-17-19-23-29-39-33-27-28-34(40-30-24-20-18-16-14-12-10-8-6-4-2)36-35(33)37(41)31-25-21-22-26-32(31)38(36)42;15-9-5-6-10(16)12-11(9)13(17)7-3-1-2-4-8(7)14(12)18;1-2/h21-22,25-28,39-40H,3-20,23-24,29-30H2,1-2H3;1-6H;2H2,1H3. The number of ketones is 4. The fourth-order valence-corrected chi connectivity index (χ4v) is 8.82. The van der Waals surface area contributed by atoms with E-state index in [9.17, 15) is 19.2 Å². The smallest absolute Gasteiger partial charge is 0.196 e. The van der Waals surface area contributed by atoms with Crippen molar-refractivity contribution in [2.75, 3.05) is 30.8 Å². The molecule has 0 heterocycles. The molecule has 4 N–H and O–H groups in total. The molecule has 4 aromatic carbocycles. The van der Waals surface area contributed by atoms with E-state index in [-0.39, 0.29) is 44.3 Å². The fraction of sp³-hybridized carbons (Fsp3) is 0.472. The monoisotopic (exact) mass is 881 g/mol. The molecule has 0 amide bonds. The van der Waals surface area contributed by atoms with E-state index in [1.54, 1.807) is 36.4 Å². The molecule has 0 radical (unpaired) electrons. The molecule has 334 valence electrons. The number of hydrogen-bond acceptors (Lipinski definition) is 7. The van der Waals surface area contributed by atoms with Gasteiger partial charge in [-0.05, 0) is 44.2 Å². The van der Waals surface area contributed by atoms with Gasteiger partial charge in [-0.25, -0.2) is 0 Å². The third kappa shape index (κ3) is 13.8. The summed E-state index contributed by atoms with van der Waals surface area (Å²) in [5.41, 5.74) is 9.35. The summed E-state index contributed by atoms with van der Waals surface area (Å²) in [6, 6.07) is 21.0. The lowest BCUT2D eigenvalue weighted by atomic mass is 9.82. The summed E-state index contributed by atoms with van der Waals surface area (Å²) in [6.45, 7) is 6.17. The summed E-state index contributed by atoms with van der Waals surface area (Å²) in [4.78, 5) is 52.0. The van der Waals surface area contributed by atoms with E-state index < -0.39 is 0 Å². The van der Waals surface area contributed by atoms with Crippen molar-refractivity contribution in [3.63, 3.8) is 0 Å². The van der Waals surface area contributed by atoms with Crippen LogP contribution in [0, 0.1) is 0 Å². The second kappa shape index (κ2) is 27.7. The molecule has 6 rings (SSSR count). The predicted octanol–water partition coefficient (Wildman–Crippen LogP) is 14.5. The normalized spacial score (nSPS) is 12.3. The van der Waals surface area contributed by atoms with Crippen LogP contribution in [0.3, 0.4) is 0 Å². The van der Waals surface area contributed by atoms with E-state index in [2.05, 4.69) is 30.2 Å². The Kier molecular flexibility index (Phi) is 22.5. The molecule has 0 aromatic heterocycles. The van der Waals surface area contributed by atoms with Crippen molar-refractivity contribution in [2.45, 2.75) is 142 Å². The molecule has 2 aliphatic carbocycles. The minimum atomic E-state index is -0.257. The van der Waals surface area contributed by atoms with Crippen LogP contribution in [0.4, 0.5) is 11.4 Å². The highest BCUT2D eigenvalue weighted by molar-refractivity contribution is 6.43. The topological polar surface area (TPSA) is 118 Å². The van der Waals surface area contributed by atoms with Crippen LogP contribution in [0.1, 0.15) is 206 Å². The largest absolute Gasteiger partial charge is 0.384 e. The van der Waals surface area contributed by atoms with Gasteiger partial charge in [0.05, 0.1) is 32.3 Å². The van der Waals surface area contributed by atoms with Gasteiger partial charge in [-0.1, -0.05) is 201 Å². The third-order valence-corrected chi connectivity index (χ3v) is 12.4. The van der Waals surface area contributed by atoms with Gasteiger partial charge in [-0.3, -0.25) is 19.2 Å². The van der Waals surface area contributed by atoms with E-state index in [0.29, 0.717) is 33.4 Å². The number of hydrogen-bond donors (Lipinski definition) is 3. The van der Waals surface area contributed by atoms with Gasteiger partial charge in [0.2, 0.25) is 0 Å². The van der Waals surface area contributed by atoms with Crippen molar-refractivity contribution < 1.29 is 19.2 Å². The summed E-state index contributed by atoms with van der Waals surface area (Å²) >= 11 is 12.0. The lowest BCUT2D eigenvalue weighted by Gasteiger charge is -2.24. The predicted molar refractivity (Wildman–Crippen MR) is 260 cm³/mol. The summed E-state index contributed by atoms with van der Waals surface area (Å²) in [5.74, 6) is -0.609. The summed E-state index contributed by atoms with van der Waals surface area (Å²) in [6.07, 6.45) is 25.9. The van der Waals surface area contributed by atoms with Crippen LogP contribution < -0.4 is 16.4 Å². The van der Waals surface area contributed by atoms with Crippen LogP contribution in [0.25, 0.3) is 0 Å². The molecule has 0 spiro atoms.